The predicted molar refractivity (Wildman–Crippen MR) is 85.8 cm³/mol. The van der Waals surface area contributed by atoms with Crippen molar-refractivity contribution in [3.8, 4) is 0 Å². The maximum absolute atomic E-state index is 13.9. The maximum atomic E-state index is 13.9. The molecule has 0 bridgehead atoms. The Balaban J connectivity index is 1.66. The number of carbonyl (C=O) groups is 2. The number of ether oxygens (including phenoxy) is 3. The molecule has 0 N–H and O–H groups in total. The average molecular weight is 346 g/mol. The van der Waals surface area contributed by atoms with E-state index < -0.39 is 17.9 Å². The molecule has 0 amide bonds. The minimum absolute atomic E-state index is 0.0305. The summed E-state index contributed by atoms with van der Waals surface area (Å²) < 4.78 is 29.7. The Morgan fingerprint density at radius 2 is 2.16 bits per heavy atom. The Hall–Kier alpha value is -2.21. The summed E-state index contributed by atoms with van der Waals surface area (Å²) in [4.78, 5) is 23.3. The van der Waals surface area contributed by atoms with Crippen LogP contribution in [-0.4, -0.2) is 31.3 Å². The number of methoxy groups -OCH3 is 1. The Bertz CT molecular complexity index is 743. The molecule has 1 aliphatic carbocycles. The SMILES string of the molecule is COC(=O)/C=C/c1ccc(F)cc1[C@H]1OC(=O)CC1C1CCC2OC21. The van der Waals surface area contributed by atoms with Crippen molar-refractivity contribution in [3.05, 3.63) is 41.2 Å². The van der Waals surface area contributed by atoms with Crippen LogP contribution in [0, 0.1) is 17.7 Å². The van der Waals surface area contributed by atoms with Gasteiger partial charge in [-0.3, -0.25) is 4.79 Å². The quantitative estimate of drug-likeness (QED) is 0.476. The molecular weight excluding hydrogens is 327 g/mol. The van der Waals surface area contributed by atoms with Crippen LogP contribution in [-0.2, 0) is 23.8 Å². The lowest BCUT2D eigenvalue weighted by Gasteiger charge is -2.25. The number of halogens is 1. The van der Waals surface area contributed by atoms with E-state index in [0.29, 0.717) is 23.7 Å². The number of epoxide rings is 1. The number of rotatable bonds is 4. The van der Waals surface area contributed by atoms with Gasteiger partial charge in [0.25, 0.3) is 0 Å². The van der Waals surface area contributed by atoms with Gasteiger partial charge in [0.05, 0.1) is 25.7 Å². The molecule has 2 heterocycles. The summed E-state index contributed by atoms with van der Waals surface area (Å²) in [7, 11) is 1.29. The van der Waals surface area contributed by atoms with E-state index in [4.69, 9.17) is 9.47 Å². The second-order valence-corrected chi connectivity index (χ2v) is 6.79. The highest BCUT2D eigenvalue weighted by Gasteiger charge is 2.56. The highest BCUT2D eigenvalue weighted by atomic mass is 19.1. The fourth-order valence-corrected chi connectivity index (χ4v) is 4.16. The molecule has 3 fully saturated rings. The molecule has 5 nitrogen and oxygen atoms in total. The van der Waals surface area contributed by atoms with E-state index in [2.05, 4.69) is 4.74 Å². The predicted octanol–water partition coefficient (Wildman–Crippen LogP) is 2.79. The van der Waals surface area contributed by atoms with E-state index >= 15 is 0 Å². The number of hydrogen-bond acceptors (Lipinski definition) is 5. The topological polar surface area (TPSA) is 65.1 Å². The van der Waals surface area contributed by atoms with Crippen LogP contribution in [0.5, 0.6) is 0 Å². The minimum atomic E-state index is -0.520. The molecule has 6 heteroatoms. The first kappa shape index (κ1) is 16.3. The number of cyclic esters (lactones) is 1. The molecular formula is C19H19FO5. The Morgan fingerprint density at radius 1 is 1.32 bits per heavy atom. The first-order valence-corrected chi connectivity index (χ1v) is 8.47. The van der Waals surface area contributed by atoms with Crippen LogP contribution in [0.2, 0.25) is 0 Å². The smallest absolute Gasteiger partial charge is 0.330 e. The van der Waals surface area contributed by atoms with Crippen LogP contribution < -0.4 is 0 Å². The molecule has 2 aliphatic heterocycles. The lowest BCUT2D eigenvalue weighted by molar-refractivity contribution is -0.142. The zero-order chi connectivity index (χ0) is 17.6. The van der Waals surface area contributed by atoms with Crippen molar-refractivity contribution in [3.63, 3.8) is 0 Å². The Kier molecular flexibility index (Phi) is 4.07. The fraction of sp³-hybridized carbons (Fsp3) is 0.474. The summed E-state index contributed by atoms with van der Waals surface area (Å²) in [6.45, 7) is 0. The van der Waals surface area contributed by atoms with Gasteiger partial charge in [0.1, 0.15) is 11.9 Å². The molecule has 0 aromatic heterocycles. The fourth-order valence-electron chi connectivity index (χ4n) is 4.16. The van der Waals surface area contributed by atoms with Gasteiger partial charge in [-0.1, -0.05) is 6.07 Å². The highest BCUT2D eigenvalue weighted by Crippen LogP contribution is 2.53. The molecule has 132 valence electrons. The van der Waals surface area contributed by atoms with E-state index in [1.807, 2.05) is 0 Å². The number of fused-ring (bicyclic) bond motifs is 1. The lowest BCUT2D eigenvalue weighted by Crippen LogP contribution is -2.21. The number of hydrogen-bond donors (Lipinski definition) is 0. The number of esters is 2. The molecule has 1 saturated carbocycles. The van der Waals surface area contributed by atoms with E-state index in [1.54, 1.807) is 12.1 Å². The molecule has 4 unspecified atom stereocenters. The molecule has 1 aromatic rings. The summed E-state index contributed by atoms with van der Waals surface area (Å²) in [6, 6.07) is 4.29. The van der Waals surface area contributed by atoms with E-state index in [9.17, 15) is 14.0 Å². The second kappa shape index (κ2) is 6.26. The molecule has 1 aromatic carbocycles. The van der Waals surface area contributed by atoms with Crippen LogP contribution in [0.25, 0.3) is 6.08 Å². The average Bonchev–Trinajstić information content (AvgIpc) is 3.09. The van der Waals surface area contributed by atoms with Gasteiger partial charge >= 0.3 is 11.9 Å². The zero-order valence-corrected chi connectivity index (χ0v) is 13.8. The largest absolute Gasteiger partial charge is 0.466 e. The molecule has 0 radical (unpaired) electrons. The van der Waals surface area contributed by atoms with Crippen LogP contribution >= 0.6 is 0 Å². The molecule has 5 atom stereocenters. The van der Waals surface area contributed by atoms with Gasteiger partial charge in [-0.05, 0) is 42.5 Å². The second-order valence-electron chi connectivity index (χ2n) is 6.79. The minimum Gasteiger partial charge on any atom is -0.466 e. The summed E-state index contributed by atoms with van der Waals surface area (Å²) in [5.74, 6) is -0.954. The van der Waals surface area contributed by atoms with Crippen molar-refractivity contribution in [2.45, 2.75) is 37.6 Å². The first-order valence-electron chi connectivity index (χ1n) is 8.47. The third kappa shape index (κ3) is 3.06. The van der Waals surface area contributed by atoms with E-state index in [0.717, 1.165) is 12.8 Å². The Morgan fingerprint density at radius 3 is 2.84 bits per heavy atom. The number of carbonyl (C=O) groups excluding carboxylic acids is 2. The molecule has 4 rings (SSSR count). The van der Waals surface area contributed by atoms with Gasteiger partial charge in [-0.2, -0.15) is 0 Å². The summed E-state index contributed by atoms with van der Waals surface area (Å²) in [5, 5.41) is 0. The number of benzene rings is 1. The normalized spacial score (nSPS) is 33.4. The molecule has 0 spiro atoms. The summed E-state index contributed by atoms with van der Waals surface area (Å²) >= 11 is 0. The highest BCUT2D eigenvalue weighted by molar-refractivity contribution is 5.87. The van der Waals surface area contributed by atoms with E-state index in [-0.39, 0.29) is 23.9 Å². The summed E-state index contributed by atoms with van der Waals surface area (Å²) in [6.07, 6.45) is 5.15. The zero-order valence-electron chi connectivity index (χ0n) is 13.8. The third-order valence-electron chi connectivity index (χ3n) is 5.38. The van der Waals surface area contributed by atoms with Gasteiger partial charge in [-0.15, -0.1) is 0 Å². The van der Waals surface area contributed by atoms with Gasteiger partial charge in [0.2, 0.25) is 0 Å². The first-order chi connectivity index (χ1) is 12.1. The van der Waals surface area contributed by atoms with Gasteiger partial charge < -0.3 is 14.2 Å². The van der Waals surface area contributed by atoms with Crippen molar-refractivity contribution in [1.29, 1.82) is 0 Å². The maximum Gasteiger partial charge on any atom is 0.330 e. The van der Waals surface area contributed by atoms with Gasteiger partial charge in [-0.25, -0.2) is 9.18 Å². The van der Waals surface area contributed by atoms with Gasteiger partial charge in [0, 0.05) is 17.6 Å². The Labute approximate surface area is 144 Å². The van der Waals surface area contributed by atoms with Crippen molar-refractivity contribution in [1.82, 2.24) is 0 Å². The van der Waals surface area contributed by atoms with E-state index in [1.165, 1.54) is 25.3 Å². The molecule has 3 aliphatic rings. The van der Waals surface area contributed by atoms with Crippen LogP contribution in [0.4, 0.5) is 4.39 Å². The summed E-state index contributed by atoms with van der Waals surface area (Å²) in [5.41, 5.74) is 1.22. The molecule has 25 heavy (non-hydrogen) atoms. The van der Waals surface area contributed by atoms with Crippen molar-refractivity contribution < 1.29 is 28.2 Å². The third-order valence-corrected chi connectivity index (χ3v) is 5.38. The van der Waals surface area contributed by atoms with Crippen LogP contribution in [0.3, 0.4) is 0 Å². The monoisotopic (exact) mass is 346 g/mol. The van der Waals surface area contributed by atoms with Gasteiger partial charge in [0.15, 0.2) is 0 Å². The van der Waals surface area contributed by atoms with Crippen molar-refractivity contribution >= 4 is 18.0 Å². The van der Waals surface area contributed by atoms with Crippen molar-refractivity contribution in [2.75, 3.05) is 7.11 Å². The van der Waals surface area contributed by atoms with Crippen LogP contribution in [0.15, 0.2) is 24.3 Å². The standard InChI is InChI=1S/C19H19FO5/c1-23-16(21)7-3-10-2-4-11(20)8-13(10)18-14(9-17(22)25-18)12-5-6-15-19(12)24-15/h2-4,7-8,12,14-15,18-19H,5-6,9H2,1H3/b7-3+/t12?,14?,15?,18-,19?/m1/s1. The molecule has 2 saturated heterocycles. The van der Waals surface area contributed by atoms with Crippen molar-refractivity contribution in [2.24, 2.45) is 11.8 Å². The lowest BCUT2D eigenvalue weighted by atomic mass is 9.81. The van der Waals surface area contributed by atoms with Crippen LogP contribution in [0.1, 0.15) is 36.5 Å².